The van der Waals surface area contributed by atoms with Gasteiger partial charge in [-0.2, -0.15) is 0 Å². The predicted molar refractivity (Wildman–Crippen MR) is 80.3 cm³/mol. The SMILES string of the molecule is CCNc1nnc(S(=O)(=O)CCCc2cc(CC)no2)s1. The molecule has 0 fully saturated rings. The summed E-state index contributed by atoms with van der Waals surface area (Å²) in [6.45, 7) is 4.58. The van der Waals surface area contributed by atoms with Gasteiger partial charge in [0, 0.05) is 19.0 Å². The Bertz CT molecular complexity index is 678. The topological polar surface area (TPSA) is 98.0 Å². The fourth-order valence-corrected chi connectivity index (χ4v) is 4.13. The highest BCUT2D eigenvalue weighted by Crippen LogP contribution is 2.21. The van der Waals surface area contributed by atoms with E-state index in [1.807, 2.05) is 19.9 Å². The molecule has 0 saturated carbocycles. The Balaban J connectivity index is 1.91. The molecule has 0 aliphatic rings. The normalized spacial score (nSPS) is 11.7. The van der Waals surface area contributed by atoms with E-state index < -0.39 is 9.84 Å². The molecule has 0 aliphatic carbocycles. The summed E-state index contributed by atoms with van der Waals surface area (Å²) < 4.78 is 29.5. The zero-order chi connectivity index (χ0) is 15.3. The molecule has 2 heterocycles. The lowest BCUT2D eigenvalue weighted by Gasteiger charge is -1.98. The number of nitrogens with one attached hydrogen (secondary N) is 1. The van der Waals surface area contributed by atoms with Crippen molar-refractivity contribution in [2.75, 3.05) is 17.6 Å². The van der Waals surface area contributed by atoms with Gasteiger partial charge in [-0.05, 0) is 19.8 Å². The van der Waals surface area contributed by atoms with E-state index in [4.69, 9.17) is 4.52 Å². The van der Waals surface area contributed by atoms with Gasteiger partial charge in [0.2, 0.25) is 19.3 Å². The van der Waals surface area contributed by atoms with E-state index in [2.05, 4.69) is 20.7 Å². The summed E-state index contributed by atoms with van der Waals surface area (Å²) in [6.07, 6.45) is 1.82. The van der Waals surface area contributed by atoms with Crippen molar-refractivity contribution in [3.8, 4) is 0 Å². The fourth-order valence-electron chi connectivity index (χ4n) is 1.72. The lowest BCUT2D eigenvalue weighted by atomic mass is 10.2. The summed E-state index contributed by atoms with van der Waals surface area (Å²) in [4.78, 5) is 0. The number of hydrogen-bond acceptors (Lipinski definition) is 8. The minimum absolute atomic E-state index is 0.0237. The summed E-state index contributed by atoms with van der Waals surface area (Å²) in [7, 11) is -3.38. The molecule has 0 atom stereocenters. The van der Waals surface area contributed by atoms with Crippen LogP contribution in [-0.4, -0.2) is 36.1 Å². The monoisotopic (exact) mass is 330 g/mol. The maximum absolute atomic E-state index is 12.1. The molecule has 116 valence electrons. The number of rotatable bonds is 8. The van der Waals surface area contributed by atoms with E-state index in [1.165, 1.54) is 0 Å². The van der Waals surface area contributed by atoms with Crippen LogP contribution >= 0.6 is 11.3 Å². The van der Waals surface area contributed by atoms with Gasteiger partial charge in [0.1, 0.15) is 5.76 Å². The summed E-state index contributed by atoms with van der Waals surface area (Å²) in [6, 6.07) is 1.86. The highest BCUT2D eigenvalue weighted by atomic mass is 32.2. The van der Waals surface area contributed by atoms with Crippen LogP contribution in [0.15, 0.2) is 14.9 Å². The Morgan fingerprint density at radius 2 is 2.14 bits per heavy atom. The Kier molecular flexibility index (Phi) is 5.29. The third-order valence-corrected chi connectivity index (χ3v) is 5.93. The first-order valence-corrected chi connectivity index (χ1v) is 9.26. The average molecular weight is 330 g/mol. The number of aromatic nitrogens is 3. The van der Waals surface area contributed by atoms with Crippen LogP contribution in [0.1, 0.15) is 31.7 Å². The number of aryl methyl sites for hydroxylation is 2. The molecule has 0 unspecified atom stereocenters. The van der Waals surface area contributed by atoms with Crippen molar-refractivity contribution in [1.82, 2.24) is 15.4 Å². The lowest BCUT2D eigenvalue weighted by molar-refractivity contribution is 0.377. The molecule has 0 aliphatic heterocycles. The Labute approximate surface area is 127 Å². The number of sulfone groups is 1. The van der Waals surface area contributed by atoms with Crippen LogP contribution in [-0.2, 0) is 22.7 Å². The maximum Gasteiger partial charge on any atom is 0.234 e. The largest absolute Gasteiger partial charge is 0.361 e. The number of nitrogens with zero attached hydrogens (tertiary/aromatic N) is 3. The quantitative estimate of drug-likeness (QED) is 0.789. The third-order valence-electron chi connectivity index (χ3n) is 2.81. The van der Waals surface area contributed by atoms with E-state index in [-0.39, 0.29) is 10.1 Å². The first kappa shape index (κ1) is 15.9. The van der Waals surface area contributed by atoms with Crippen LogP contribution in [0.25, 0.3) is 0 Å². The molecule has 0 saturated heterocycles. The smallest absolute Gasteiger partial charge is 0.234 e. The summed E-state index contributed by atoms with van der Waals surface area (Å²) >= 11 is 1.06. The predicted octanol–water partition coefficient (Wildman–Crippen LogP) is 1.93. The minimum atomic E-state index is -3.38. The minimum Gasteiger partial charge on any atom is -0.361 e. The molecule has 0 bridgehead atoms. The van der Waals surface area contributed by atoms with Crippen LogP contribution in [0.5, 0.6) is 0 Å². The molecule has 0 spiro atoms. The van der Waals surface area contributed by atoms with Crippen molar-refractivity contribution in [1.29, 1.82) is 0 Å². The van der Waals surface area contributed by atoms with Crippen LogP contribution < -0.4 is 5.32 Å². The van der Waals surface area contributed by atoms with Crippen LogP contribution in [0, 0.1) is 0 Å². The molecular formula is C12H18N4O3S2. The molecule has 2 rings (SSSR count). The van der Waals surface area contributed by atoms with Crippen molar-refractivity contribution < 1.29 is 12.9 Å². The third kappa shape index (κ3) is 4.24. The van der Waals surface area contributed by atoms with Gasteiger partial charge in [0.15, 0.2) is 0 Å². The summed E-state index contributed by atoms with van der Waals surface area (Å²) in [5, 5.41) is 14.9. The van der Waals surface area contributed by atoms with Crippen molar-refractivity contribution >= 4 is 26.3 Å². The van der Waals surface area contributed by atoms with Crippen LogP contribution in [0.4, 0.5) is 5.13 Å². The van der Waals surface area contributed by atoms with Crippen LogP contribution in [0.2, 0.25) is 0 Å². The van der Waals surface area contributed by atoms with Gasteiger partial charge in [-0.25, -0.2) is 8.42 Å². The van der Waals surface area contributed by atoms with Gasteiger partial charge in [-0.1, -0.05) is 23.4 Å². The zero-order valence-corrected chi connectivity index (χ0v) is 13.6. The van der Waals surface area contributed by atoms with Crippen molar-refractivity contribution in [2.24, 2.45) is 0 Å². The average Bonchev–Trinajstić information content (AvgIpc) is 3.08. The zero-order valence-electron chi connectivity index (χ0n) is 12.0. The van der Waals surface area contributed by atoms with Crippen molar-refractivity contribution in [3.63, 3.8) is 0 Å². The van der Waals surface area contributed by atoms with Gasteiger partial charge in [0.25, 0.3) is 0 Å². The summed E-state index contributed by atoms with van der Waals surface area (Å²) in [5.74, 6) is 0.739. The molecule has 21 heavy (non-hydrogen) atoms. The van der Waals surface area contributed by atoms with E-state index in [1.54, 1.807) is 0 Å². The Morgan fingerprint density at radius 1 is 1.33 bits per heavy atom. The van der Waals surface area contributed by atoms with Gasteiger partial charge in [0.05, 0.1) is 11.4 Å². The molecule has 0 amide bonds. The second-order valence-electron chi connectivity index (χ2n) is 4.46. The van der Waals surface area contributed by atoms with Crippen LogP contribution in [0.3, 0.4) is 0 Å². The van der Waals surface area contributed by atoms with E-state index in [0.29, 0.717) is 30.3 Å². The lowest BCUT2D eigenvalue weighted by Crippen LogP contribution is -2.07. The highest BCUT2D eigenvalue weighted by molar-refractivity contribution is 7.93. The molecular weight excluding hydrogens is 312 g/mol. The van der Waals surface area contributed by atoms with E-state index >= 15 is 0 Å². The number of anilines is 1. The van der Waals surface area contributed by atoms with E-state index in [9.17, 15) is 8.42 Å². The second-order valence-corrected chi connectivity index (χ2v) is 7.72. The van der Waals surface area contributed by atoms with Gasteiger partial charge in [-0.3, -0.25) is 0 Å². The van der Waals surface area contributed by atoms with E-state index in [0.717, 1.165) is 23.5 Å². The molecule has 0 aromatic carbocycles. The van der Waals surface area contributed by atoms with Gasteiger partial charge in [-0.15, -0.1) is 10.2 Å². The van der Waals surface area contributed by atoms with Crippen molar-refractivity contribution in [2.45, 2.75) is 37.4 Å². The van der Waals surface area contributed by atoms with Gasteiger partial charge < -0.3 is 9.84 Å². The molecule has 9 heteroatoms. The van der Waals surface area contributed by atoms with Crippen molar-refractivity contribution in [3.05, 3.63) is 17.5 Å². The molecule has 2 aromatic heterocycles. The first-order valence-electron chi connectivity index (χ1n) is 6.79. The Hall–Kier alpha value is -1.48. The first-order chi connectivity index (χ1) is 10.0. The second kappa shape index (κ2) is 6.99. The molecule has 1 N–H and O–H groups in total. The fraction of sp³-hybridized carbons (Fsp3) is 0.583. The molecule has 2 aromatic rings. The highest BCUT2D eigenvalue weighted by Gasteiger charge is 2.20. The summed E-state index contributed by atoms with van der Waals surface area (Å²) in [5.41, 5.74) is 0.882. The number of hydrogen-bond donors (Lipinski definition) is 1. The standard InChI is InChI=1S/C12H18N4O3S2/c1-3-9-8-10(19-16-9)6-5-7-21(17,18)12-15-14-11(20-12)13-4-2/h8H,3-7H2,1-2H3,(H,13,14). The Morgan fingerprint density at radius 3 is 2.81 bits per heavy atom. The molecule has 0 radical (unpaired) electrons. The molecule has 7 nitrogen and oxygen atoms in total. The van der Waals surface area contributed by atoms with Gasteiger partial charge >= 0.3 is 0 Å². The maximum atomic E-state index is 12.1.